The first kappa shape index (κ1) is 10.9. The number of halogens is 1. The van der Waals surface area contributed by atoms with Crippen molar-refractivity contribution in [1.82, 2.24) is 0 Å². The van der Waals surface area contributed by atoms with E-state index in [1.165, 1.54) is 12.1 Å². The molecule has 0 radical (unpaired) electrons. The van der Waals surface area contributed by atoms with Crippen LogP contribution in [0.25, 0.3) is 0 Å². The molecule has 0 spiro atoms. The van der Waals surface area contributed by atoms with Crippen molar-refractivity contribution in [2.24, 2.45) is 5.73 Å². The van der Waals surface area contributed by atoms with Gasteiger partial charge >= 0.3 is 0 Å². The minimum Gasteiger partial charge on any atom is -0.321 e. The fraction of sp³-hybridized carbons (Fsp3) is 0.333. The monoisotopic (exact) mass is 193 g/mol. The summed E-state index contributed by atoms with van der Waals surface area (Å²) in [4.78, 5) is 0. The number of nitrogens with two attached hydrogens (primary N) is 1. The Morgan fingerprint density at radius 3 is 2.50 bits per heavy atom. The smallest absolute Gasteiger partial charge is 0.123 e. The van der Waals surface area contributed by atoms with E-state index in [9.17, 15) is 4.39 Å². The molecule has 0 fully saturated rings. The number of hydrogen-bond acceptors (Lipinski definition) is 1. The van der Waals surface area contributed by atoms with Crippen LogP contribution in [0.2, 0.25) is 0 Å². The van der Waals surface area contributed by atoms with Crippen molar-refractivity contribution in [3.05, 3.63) is 46.8 Å². The minimum absolute atomic E-state index is 0.214. The first-order valence-corrected chi connectivity index (χ1v) is 4.67. The third-order valence-corrected chi connectivity index (χ3v) is 1.96. The molecule has 0 amide bonds. The van der Waals surface area contributed by atoms with Crippen molar-refractivity contribution in [3.63, 3.8) is 0 Å². The van der Waals surface area contributed by atoms with Crippen molar-refractivity contribution in [1.29, 1.82) is 0 Å². The molecule has 0 aliphatic heterocycles. The lowest BCUT2D eigenvalue weighted by molar-refractivity contribution is 0.622. The molecular weight excluding hydrogens is 177 g/mol. The molecule has 0 aromatic heterocycles. The van der Waals surface area contributed by atoms with Gasteiger partial charge in [-0.3, -0.25) is 0 Å². The SMILES string of the molecule is CC(C)=CC(N)c1cc(C)cc(F)c1. The quantitative estimate of drug-likeness (QED) is 0.717. The largest absolute Gasteiger partial charge is 0.321 e. The summed E-state index contributed by atoms with van der Waals surface area (Å²) < 4.78 is 13.0. The standard InChI is InChI=1S/C12H16FN/c1-8(2)4-12(14)10-5-9(3)6-11(13)7-10/h4-7,12H,14H2,1-3H3. The second kappa shape index (κ2) is 4.38. The average Bonchev–Trinajstić information content (AvgIpc) is 2.00. The van der Waals surface area contributed by atoms with Crippen LogP contribution in [0.1, 0.15) is 31.0 Å². The van der Waals surface area contributed by atoms with Gasteiger partial charge in [-0.05, 0) is 44.0 Å². The molecule has 1 aromatic rings. The summed E-state index contributed by atoms with van der Waals surface area (Å²) in [5.74, 6) is -0.224. The summed E-state index contributed by atoms with van der Waals surface area (Å²) in [6.07, 6.45) is 1.92. The number of benzene rings is 1. The molecule has 0 aliphatic rings. The van der Waals surface area contributed by atoms with Gasteiger partial charge in [-0.25, -0.2) is 4.39 Å². The molecule has 0 heterocycles. The molecule has 1 atom stereocenters. The van der Waals surface area contributed by atoms with Crippen molar-refractivity contribution in [2.75, 3.05) is 0 Å². The highest BCUT2D eigenvalue weighted by Gasteiger charge is 2.04. The first-order valence-electron chi connectivity index (χ1n) is 4.67. The van der Waals surface area contributed by atoms with E-state index in [1.54, 1.807) is 0 Å². The minimum atomic E-state index is -0.224. The van der Waals surface area contributed by atoms with Crippen LogP contribution in [0.5, 0.6) is 0 Å². The van der Waals surface area contributed by atoms with Crippen LogP contribution in [0.4, 0.5) is 4.39 Å². The molecule has 0 saturated carbocycles. The molecule has 1 rings (SSSR count). The van der Waals surface area contributed by atoms with E-state index in [-0.39, 0.29) is 11.9 Å². The summed E-state index contributed by atoms with van der Waals surface area (Å²) >= 11 is 0. The van der Waals surface area contributed by atoms with Gasteiger partial charge in [-0.2, -0.15) is 0 Å². The van der Waals surface area contributed by atoms with Gasteiger partial charge in [-0.1, -0.05) is 17.7 Å². The number of aryl methyl sites for hydroxylation is 1. The highest BCUT2D eigenvalue weighted by Crippen LogP contribution is 2.16. The van der Waals surface area contributed by atoms with E-state index >= 15 is 0 Å². The Kier molecular flexibility index (Phi) is 3.42. The topological polar surface area (TPSA) is 26.0 Å². The van der Waals surface area contributed by atoms with Gasteiger partial charge < -0.3 is 5.73 Å². The molecule has 1 unspecified atom stereocenters. The molecule has 0 aliphatic carbocycles. The number of hydrogen-bond donors (Lipinski definition) is 1. The van der Waals surface area contributed by atoms with Crippen LogP contribution in [0.3, 0.4) is 0 Å². The van der Waals surface area contributed by atoms with Crippen molar-refractivity contribution >= 4 is 0 Å². The molecule has 1 aromatic carbocycles. The number of allylic oxidation sites excluding steroid dienone is 1. The van der Waals surface area contributed by atoms with Gasteiger partial charge in [0.05, 0.1) is 0 Å². The summed E-state index contributed by atoms with van der Waals surface area (Å²) in [7, 11) is 0. The molecule has 0 saturated heterocycles. The Morgan fingerprint density at radius 1 is 1.36 bits per heavy atom. The Labute approximate surface area is 84.4 Å². The third-order valence-electron chi connectivity index (χ3n) is 1.96. The van der Waals surface area contributed by atoms with Crippen molar-refractivity contribution in [2.45, 2.75) is 26.8 Å². The zero-order valence-electron chi connectivity index (χ0n) is 8.84. The van der Waals surface area contributed by atoms with Crippen molar-refractivity contribution in [3.8, 4) is 0 Å². The van der Waals surface area contributed by atoms with E-state index in [4.69, 9.17) is 5.73 Å². The van der Waals surface area contributed by atoms with Gasteiger partial charge in [0, 0.05) is 6.04 Å². The highest BCUT2D eigenvalue weighted by atomic mass is 19.1. The Hall–Kier alpha value is -1.15. The highest BCUT2D eigenvalue weighted by molar-refractivity contribution is 5.29. The van der Waals surface area contributed by atoms with E-state index in [0.29, 0.717) is 0 Å². The first-order chi connectivity index (χ1) is 6.49. The van der Waals surface area contributed by atoms with E-state index in [2.05, 4.69) is 0 Å². The maximum absolute atomic E-state index is 13.0. The van der Waals surface area contributed by atoms with Crippen LogP contribution < -0.4 is 5.73 Å². The zero-order chi connectivity index (χ0) is 10.7. The predicted molar refractivity (Wildman–Crippen MR) is 57.5 cm³/mol. The molecule has 2 N–H and O–H groups in total. The summed E-state index contributed by atoms with van der Waals surface area (Å²) in [5.41, 5.74) is 8.75. The fourth-order valence-corrected chi connectivity index (χ4v) is 1.41. The Balaban J connectivity index is 3.01. The summed E-state index contributed by atoms with van der Waals surface area (Å²) in [5, 5.41) is 0. The van der Waals surface area contributed by atoms with E-state index in [1.807, 2.05) is 32.9 Å². The molecule has 14 heavy (non-hydrogen) atoms. The summed E-state index contributed by atoms with van der Waals surface area (Å²) in [6.45, 7) is 5.82. The van der Waals surface area contributed by atoms with Gasteiger partial charge in [0.1, 0.15) is 5.82 Å². The second-order valence-corrected chi connectivity index (χ2v) is 3.83. The Morgan fingerprint density at radius 2 is 2.00 bits per heavy atom. The van der Waals surface area contributed by atoms with Gasteiger partial charge in [0.25, 0.3) is 0 Å². The van der Waals surface area contributed by atoms with Crippen molar-refractivity contribution < 1.29 is 4.39 Å². The molecule has 0 bridgehead atoms. The zero-order valence-corrected chi connectivity index (χ0v) is 8.84. The second-order valence-electron chi connectivity index (χ2n) is 3.83. The molecule has 1 nitrogen and oxygen atoms in total. The van der Waals surface area contributed by atoms with E-state index in [0.717, 1.165) is 16.7 Å². The lowest BCUT2D eigenvalue weighted by atomic mass is 10.0. The fourth-order valence-electron chi connectivity index (χ4n) is 1.41. The maximum atomic E-state index is 13.0. The Bertz CT molecular complexity index is 331. The lowest BCUT2D eigenvalue weighted by Gasteiger charge is -2.09. The van der Waals surface area contributed by atoms with Crippen LogP contribution in [-0.4, -0.2) is 0 Å². The van der Waals surface area contributed by atoms with Gasteiger partial charge in [0.2, 0.25) is 0 Å². The molecular formula is C12H16FN. The molecule has 76 valence electrons. The number of rotatable bonds is 2. The average molecular weight is 193 g/mol. The third kappa shape index (κ3) is 2.96. The van der Waals surface area contributed by atoms with Crippen LogP contribution in [0.15, 0.2) is 29.8 Å². The maximum Gasteiger partial charge on any atom is 0.123 e. The van der Waals surface area contributed by atoms with Crippen LogP contribution >= 0.6 is 0 Å². The molecule has 2 heteroatoms. The van der Waals surface area contributed by atoms with Crippen LogP contribution in [0, 0.1) is 12.7 Å². The van der Waals surface area contributed by atoms with Gasteiger partial charge in [-0.15, -0.1) is 0 Å². The summed E-state index contributed by atoms with van der Waals surface area (Å²) in [6, 6.07) is 4.68. The van der Waals surface area contributed by atoms with E-state index < -0.39 is 0 Å². The normalized spacial score (nSPS) is 12.4. The lowest BCUT2D eigenvalue weighted by Crippen LogP contribution is -2.08. The van der Waals surface area contributed by atoms with Crippen LogP contribution in [-0.2, 0) is 0 Å². The van der Waals surface area contributed by atoms with Gasteiger partial charge in [0.15, 0.2) is 0 Å². The predicted octanol–water partition coefficient (Wildman–Crippen LogP) is 3.10.